The van der Waals surface area contributed by atoms with Crippen LogP contribution in [-0.4, -0.2) is 12.4 Å². The van der Waals surface area contributed by atoms with E-state index in [9.17, 15) is 13.6 Å². The summed E-state index contributed by atoms with van der Waals surface area (Å²) in [6.45, 7) is -2.97. The minimum atomic E-state index is -2.97. The van der Waals surface area contributed by atoms with Gasteiger partial charge in [-0.15, -0.1) is 11.3 Å². The molecule has 0 N–H and O–H groups in total. The van der Waals surface area contributed by atoms with Gasteiger partial charge in [0.1, 0.15) is 5.75 Å². The number of ether oxygens (including phenoxy) is 1. The van der Waals surface area contributed by atoms with Crippen LogP contribution in [-0.2, 0) is 0 Å². The molecule has 0 fully saturated rings. The third-order valence-electron chi connectivity index (χ3n) is 2.17. The van der Waals surface area contributed by atoms with E-state index in [-0.39, 0.29) is 11.3 Å². The zero-order valence-electron chi connectivity index (χ0n) is 8.90. The minimum absolute atomic E-state index is 0.0714. The van der Waals surface area contributed by atoms with Crippen molar-refractivity contribution in [3.63, 3.8) is 0 Å². The summed E-state index contributed by atoms with van der Waals surface area (Å²) in [5.74, 6) is -0.576. The molecule has 94 valence electrons. The maximum Gasteiger partial charge on any atom is 0.387 e. The summed E-state index contributed by atoms with van der Waals surface area (Å²) >= 11 is 7.00. The number of thiophene rings is 1. The largest absolute Gasteiger partial charge is 0.434 e. The first kappa shape index (κ1) is 13.0. The number of ketones is 1. The highest BCUT2D eigenvalue weighted by Crippen LogP contribution is 2.29. The van der Waals surface area contributed by atoms with Gasteiger partial charge in [-0.25, -0.2) is 0 Å². The highest BCUT2D eigenvalue weighted by molar-refractivity contribution is 7.13. The molecule has 0 aliphatic carbocycles. The number of halogens is 3. The molecule has 0 amide bonds. The van der Waals surface area contributed by atoms with E-state index in [0.717, 1.165) is 11.3 Å². The normalized spacial score (nSPS) is 10.7. The Kier molecular flexibility index (Phi) is 3.93. The van der Waals surface area contributed by atoms with Crippen LogP contribution in [0.1, 0.15) is 15.2 Å². The van der Waals surface area contributed by atoms with Gasteiger partial charge >= 0.3 is 6.61 Å². The smallest absolute Gasteiger partial charge is 0.387 e. The molecule has 2 rings (SSSR count). The van der Waals surface area contributed by atoms with Gasteiger partial charge in [-0.2, -0.15) is 8.78 Å². The summed E-state index contributed by atoms with van der Waals surface area (Å²) in [6, 6.07) is 7.42. The van der Waals surface area contributed by atoms with Gasteiger partial charge in [0, 0.05) is 0 Å². The van der Waals surface area contributed by atoms with Gasteiger partial charge in [0.2, 0.25) is 5.78 Å². The van der Waals surface area contributed by atoms with Gasteiger partial charge in [0.15, 0.2) is 0 Å². The fraction of sp³-hybridized carbons (Fsp3) is 0.0833. The Labute approximate surface area is 111 Å². The Balaban J connectivity index is 2.39. The van der Waals surface area contributed by atoms with Crippen molar-refractivity contribution in [2.75, 3.05) is 0 Å². The third kappa shape index (κ3) is 2.68. The quantitative estimate of drug-likeness (QED) is 0.787. The van der Waals surface area contributed by atoms with Gasteiger partial charge in [-0.1, -0.05) is 23.7 Å². The van der Waals surface area contributed by atoms with Crippen LogP contribution in [0.4, 0.5) is 8.78 Å². The van der Waals surface area contributed by atoms with Crippen molar-refractivity contribution in [2.45, 2.75) is 6.61 Å². The molecule has 18 heavy (non-hydrogen) atoms. The molecule has 0 bridgehead atoms. The van der Waals surface area contributed by atoms with Crippen LogP contribution in [0.15, 0.2) is 35.7 Å². The van der Waals surface area contributed by atoms with Gasteiger partial charge in [-0.3, -0.25) is 4.79 Å². The molecule has 0 saturated carbocycles. The summed E-state index contributed by atoms with van der Waals surface area (Å²) in [4.78, 5) is 12.4. The van der Waals surface area contributed by atoms with Gasteiger partial charge in [0.05, 0.1) is 15.5 Å². The van der Waals surface area contributed by atoms with Gasteiger partial charge < -0.3 is 4.74 Å². The highest BCUT2D eigenvalue weighted by atomic mass is 35.5. The van der Waals surface area contributed by atoms with Gasteiger partial charge in [-0.05, 0) is 23.6 Å². The Hall–Kier alpha value is -1.46. The monoisotopic (exact) mass is 288 g/mol. The molecular formula is C12H7ClF2O2S. The van der Waals surface area contributed by atoms with E-state index in [1.54, 1.807) is 17.5 Å². The lowest BCUT2D eigenvalue weighted by molar-refractivity contribution is -0.0501. The minimum Gasteiger partial charge on any atom is -0.434 e. The van der Waals surface area contributed by atoms with Crippen molar-refractivity contribution in [2.24, 2.45) is 0 Å². The van der Waals surface area contributed by atoms with E-state index in [1.807, 2.05) is 0 Å². The first-order chi connectivity index (χ1) is 8.59. The summed E-state index contributed by atoms with van der Waals surface area (Å²) < 4.78 is 28.8. The van der Waals surface area contributed by atoms with Crippen molar-refractivity contribution in [1.82, 2.24) is 0 Å². The molecule has 1 aromatic carbocycles. The van der Waals surface area contributed by atoms with Crippen LogP contribution < -0.4 is 4.74 Å². The summed E-state index contributed by atoms with van der Waals surface area (Å²) in [5.41, 5.74) is 0.0714. The molecule has 0 aliphatic rings. The molecule has 0 unspecified atom stereocenters. The first-order valence-electron chi connectivity index (χ1n) is 4.91. The second kappa shape index (κ2) is 5.46. The molecule has 1 aromatic heterocycles. The SMILES string of the molecule is O=C(c1ccccc1OC(F)F)c1sccc1Cl. The Morgan fingerprint density at radius 2 is 2.00 bits per heavy atom. The molecule has 1 heterocycles. The predicted octanol–water partition coefficient (Wildman–Crippen LogP) is 4.23. The number of benzene rings is 1. The van der Waals surface area contributed by atoms with Crippen LogP contribution in [0.2, 0.25) is 5.02 Å². The first-order valence-corrected chi connectivity index (χ1v) is 6.17. The van der Waals surface area contributed by atoms with E-state index >= 15 is 0 Å². The van der Waals surface area contributed by atoms with Crippen LogP contribution in [0, 0.1) is 0 Å². The molecule has 0 atom stereocenters. The summed E-state index contributed by atoms with van der Waals surface area (Å²) in [7, 11) is 0. The fourth-order valence-corrected chi connectivity index (χ4v) is 2.53. The maximum atomic E-state index is 12.2. The average molecular weight is 289 g/mol. The zero-order chi connectivity index (χ0) is 13.1. The standard InChI is InChI=1S/C12H7ClF2O2S/c13-8-5-6-18-11(8)10(16)7-3-1-2-4-9(7)17-12(14)15/h1-6,12H. The second-order valence-electron chi connectivity index (χ2n) is 3.30. The number of carbonyl (C=O) groups excluding carboxylic acids is 1. The molecule has 0 saturated heterocycles. The van der Waals surface area contributed by atoms with E-state index in [1.165, 1.54) is 18.2 Å². The second-order valence-corrected chi connectivity index (χ2v) is 4.62. The zero-order valence-corrected chi connectivity index (χ0v) is 10.5. The lowest BCUT2D eigenvalue weighted by Gasteiger charge is -2.08. The summed E-state index contributed by atoms with van der Waals surface area (Å²) in [6.07, 6.45) is 0. The Morgan fingerprint density at radius 3 is 2.61 bits per heavy atom. The van der Waals surface area contributed by atoms with Crippen molar-refractivity contribution >= 4 is 28.7 Å². The molecule has 0 aliphatic heterocycles. The lowest BCUT2D eigenvalue weighted by Crippen LogP contribution is -2.08. The fourth-order valence-electron chi connectivity index (χ4n) is 1.43. The van der Waals surface area contributed by atoms with Crippen LogP contribution >= 0.6 is 22.9 Å². The van der Waals surface area contributed by atoms with Crippen molar-refractivity contribution in [3.05, 3.63) is 51.2 Å². The number of rotatable bonds is 4. The highest BCUT2D eigenvalue weighted by Gasteiger charge is 2.19. The predicted molar refractivity (Wildman–Crippen MR) is 65.8 cm³/mol. The lowest BCUT2D eigenvalue weighted by atomic mass is 10.1. The molecule has 2 nitrogen and oxygen atoms in total. The number of carbonyl (C=O) groups is 1. The topological polar surface area (TPSA) is 26.3 Å². The summed E-state index contributed by atoms with van der Waals surface area (Å²) in [5, 5.41) is 1.96. The third-order valence-corrected chi connectivity index (χ3v) is 3.51. The number of alkyl halides is 2. The van der Waals surface area contributed by atoms with E-state index in [0.29, 0.717) is 9.90 Å². The van der Waals surface area contributed by atoms with Crippen molar-refractivity contribution < 1.29 is 18.3 Å². The van der Waals surface area contributed by atoms with Crippen LogP contribution in [0.25, 0.3) is 0 Å². The van der Waals surface area contributed by atoms with Crippen LogP contribution in [0.5, 0.6) is 5.75 Å². The Morgan fingerprint density at radius 1 is 1.28 bits per heavy atom. The van der Waals surface area contributed by atoms with E-state index in [2.05, 4.69) is 4.74 Å². The van der Waals surface area contributed by atoms with Crippen molar-refractivity contribution in [1.29, 1.82) is 0 Å². The molecule has 6 heteroatoms. The molecular weight excluding hydrogens is 282 g/mol. The number of para-hydroxylation sites is 1. The molecule has 2 aromatic rings. The van der Waals surface area contributed by atoms with Gasteiger partial charge in [0.25, 0.3) is 0 Å². The number of hydrogen-bond acceptors (Lipinski definition) is 3. The van der Waals surface area contributed by atoms with Crippen LogP contribution in [0.3, 0.4) is 0 Å². The average Bonchev–Trinajstić information content (AvgIpc) is 2.74. The van der Waals surface area contributed by atoms with Crippen molar-refractivity contribution in [3.8, 4) is 5.75 Å². The van der Waals surface area contributed by atoms with E-state index in [4.69, 9.17) is 11.6 Å². The molecule has 0 spiro atoms. The van der Waals surface area contributed by atoms with E-state index < -0.39 is 12.4 Å². The molecule has 0 radical (unpaired) electrons. The Bertz CT molecular complexity index is 569. The maximum absolute atomic E-state index is 12.2. The number of hydrogen-bond donors (Lipinski definition) is 0.